The third kappa shape index (κ3) is 2.71. The van der Waals surface area contributed by atoms with E-state index >= 15 is 0 Å². The van der Waals surface area contributed by atoms with E-state index in [1.165, 1.54) is 25.7 Å². The first-order chi connectivity index (χ1) is 10.0. The van der Waals surface area contributed by atoms with E-state index in [1.807, 2.05) is 31.2 Å². The average Bonchev–Trinajstić information content (AvgIpc) is 3.11. The molecule has 112 valence electrons. The Hall–Kier alpha value is -1.35. The molecule has 0 bridgehead atoms. The van der Waals surface area contributed by atoms with E-state index in [2.05, 4.69) is 17.5 Å². The van der Waals surface area contributed by atoms with E-state index in [0.717, 1.165) is 11.3 Å². The van der Waals surface area contributed by atoms with Gasteiger partial charge in [0.25, 0.3) is 0 Å². The highest BCUT2D eigenvalue weighted by molar-refractivity contribution is 6.30. The molecule has 0 aromatic heterocycles. The van der Waals surface area contributed by atoms with Crippen LogP contribution in [-0.2, 0) is 4.79 Å². The normalized spacial score (nSPS) is 31.5. The van der Waals surface area contributed by atoms with Crippen molar-refractivity contribution in [2.45, 2.75) is 39.5 Å². The zero-order valence-electron chi connectivity index (χ0n) is 12.5. The second kappa shape index (κ2) is 5.45. The maximum Gasteiger partial charge on any atom is 0.244 e. The molecule has 0 radical (unpaired) electrons. The molecule has 3 atom stereocenters. The molecule has 3 rings (SSSR count). The third-order valence-corrected chi connectivity index (χ3v) is 5.46. The smallest absolute Gasteiger partial charge is 0.244 e. The molecule has 1 N–H and O–H groups in total. The predicted molar refractivity (Wildman–Crippen MR) is 85.4 cm³/mol. The van der Waals surface area contributed by atoms with Crippen LogP contribution in [0.5, 0.6) is 0 Å². The molecule has 1 aromatic rings. The van der Waals surface area contributed by atoms with Crippen molar-refractivity contribution >= 4 is 23.2 Å². The van der Waals surface area contributed by atoms with Crippen molar-refractivity contribution in [1.29, 1.82) is 0 Å². The first kappa shape index (κ1) is 14.6. The Morgan fingerprint density at radius 2 is 2.05 bits per heavy atom. The molecular formula is C17H21ClN2O. The first-order valence-corrected chi connectivity index (χ1v) is 8.00. The number of fused-ring (bicyclic) bond motifs is 1. The Bertz CT molecular complexity index is 581. The molecule has 2 aliphatic rings. The highest BCUT2D eigenvalue weighted by atomic mass is 35.5. The number of halogens is 1. The summed E-state index contributed by atoms with van der Waals surface area (Å²) in [4.78, 5) is 12.3. The fourth-order valence-corrected chi connectivity index (χ4v) is 3.94. The monoisotopic (exact) mass is 304 g/mol. The van der Waals surface area contributed by atoms with Crippen molar-refractivity contribution in [2.24, 2.45) is 22.4 Å². The van der Waals surface area contributed by atoms with E-state index < -0.39 is 0 Å². The summed E-state index contributed by atoms with van der Waals surface area (Å²) in [6.45, 7) is 4.14. The van der Waals surface area contributed by atoms with E-state index in [0.29, 0.717) is 10.9 Å². The lowest BCUT2D eigenvalue weighted by Gasteiger charge is -2.15. The van der Waals surface area contributed by atoms with Crippen LogP contribution in [0.25, 0.3) is 0 Å². The van der Waals surface area contributed by atoms with Gasteiger partial charge in [-0.3, -0.25) is 4.79 Å². The minimum absolute atomic E-state index is 0.0812. The lowest BCUT2D eigenvalue weighted by Crippen LogP contribution is -2.23. The molecule has 1 aromatic carbocycles. The van der Waals surface area contributed by atoms with Crippen LogP contribution in [0.4, 0.5) is 0 Å². The van der Waals surface area contributed by atoms with Crippen LogP contribution in [0.2, 0.25) is 5.02 Å². The van der Waals surface area contributed by atoms with Crippen LogP contribution < -0.4 is 5.43 Å². The van der Waals surface area contributed by atoms with Crippen LogP contribution in [0.3, 0.4) is 0 Å². The number of benzene rings is 1. The molecular weight excluding hydrogens is 284 g/mol. The molecule has 2 saturated carbocycles. The Morgan fingerprint density at radius 1 is 1.33 bits per heavy atom. The number of rotatable bonds is 3. The highest BCUT2D eigenvalue weighted by Crippen LogP contribution is 2.66. The molecule has 1 amide bonds. The summed E-state index contributed by atoms with van der Waals surface area (Å²) >= 11 is 5.87. The molecule has 0 aliphatic heterocycles. The van der Waals surface area contributed by atoms with Gasteiger partial charge in [-0.15, -0.1) is 0 Å². The zero-order valence-corrected chi connectivity index (χ0v) is 13.3. The number of hydrogen-bond acceptors (Lipinski definition) is 2. The third-order valence-electron chi connectivity index (χ3n) is 5.21. The standard InChI is InChI=1S/C17H21ClN2O/c1-11(12-6-8-13(18)9-7-12)19-20-16(21)15-14-5-3-4-10-17(14,15)2/h6-9,14-15H,3-5,10H2,1-2H3,(H,20,21)/b19-11-/t14-,15-,17-/m0/s1. The van der Waals surface area contributed by atoms with Gasteiger partial charge < -0.3 is 0 Å². The maximum absolute atomic E-state index is 12.3. The summed E-state index contributed by atoms with van der Waals surface area (Å²) < 4.78 is 0. The van der Waals surface area contributed by atoms with Crippen LogP contribution in [0.15, 0.2) is 29.4 Å². The molecule has 2 fully saturated rings. The molecule has 0 saturated heterocycles. The van der Waals surface area contributed by atoms with Crippen molar-refractivity contribution in [3.05, 3.63) is 34.9 Å². The van der Waals surface area contributed by atoms with Crippen LogP contribution in [0.1, 0.15) is 45.1 Å². The second-order valence-corrected chi connectivity index (χ2v) is 6.95. The van der Waals surface area contributed by atoms with Gasteiger partial charge in [0.05, 0.1) is 5.71 Å². The van der Waals surface area contributed by atoms with Crippen LogP contribution >= 0.6 is 11.6 Å². The zero-order chi connectivity index (χ0) is 15.0. The van der Waals surface area contributed by atoms with Gasteiger partial charge in [0.15, 0.2) is 0 Å². The fourth-order valence-electron chi connectivity index (χ4n) is 3.81. The maximum atomic E-state index is 12.3. The first-order valence-electron chi connectivity index (χ1n) is 7.62. The summed E-state index contributed by atoms with van der Waals surface area (Å²) in [6, 6.07) is 7.47. The number of hydrogen-bond donors (Lipinski definition) is 1. The van der Waals surface area contributed by atoms with Crippen molar-refractivity contribution in [3.63, 3.8) is 0 Å². The average molecular weight is 305 g/mol. The second-order valence-electron chi connectivity index (χ2n) is 6.52. The van der Waals surface area contributed by atoms with Gasteiger partial charge in [-0.25, -0.2) is 5.43 Å². The van der Waals surface area contributed by atoms with Gasteiger partial charge in [-0.05, 0) is 48.8 Å². The van der Waals surface area contributed by atoms with Gasteiger partial charge in [0.2, 0.25) is 5.91 Å². The fraction of sp³-hybridized carbons (Fsp3) is 0.529. The van der Waals surface area contributed by atoms with E-state index in [4.69, 9.17) is 11.6 Å². The molecule has 2 aliphatic carbocycles. The lowest BCUT2D eigenvalue weighted by atomic mass is 9.90. The lowest BCUT2D eigenvalue weighted by molar-refractivity contribution is -0.123. The van der Waals surface area contributed by atoms with Crippen molar-refractivity contribution in [3.8, 4) is 0 Å². The predicted octanol–water partition coefficient (Wildman–Crippen LogP) is 4.01. The topological polar surface area (TPSA) is 41.5 Å². The van der Waals surface area contributed by atoms with E-state index in [1.54, 1.807) is 0 Å². The molecule has 0 unspecified atom stereocenters. The SMILES string of the molecule is C/C(=N/NC(=O)[C@@H]1[C@@H]2CCCC[C@]12C)c1ccc(Cl)cc1. The van der Waals surface area contributed by atoms with Gasteiger partial charge in [-0.2, -0.15) is 5.10 Å². The summed E-state index contributed by atoms with van der Waals surface area (Å²) in [7, 11) is 0. The van der Waals surface area contributed by atoms with Gasteiger partial charge in [0.1, 0.15) is 0 Å². The summed E-state index contributed by atoms with van der Waals surface area (Å²) in [6.07, 6.45) is 4.88. The molecule has 21 heavy (non-hydrogen) atoms. The number of carbonyl (C=O) groups excluding carboxylic acids is 1. The number of carbonyl (C=O) groups is 1. The number of nitrogens with zero attached hydrogens (tertiary/aromatic N) is 1. The minimum Gasteiger partial charge on any atom is -0.273 e. The number of hydrazone groups is 1. The molecule has 0 heterocycles. The molecule has 0 spiro atoms. The van der Waals surface area contributed by atoms with Crippen molar-refractivity contribution in [1.82, 2.24) is 5.43 Å². The molecule has 3 nitrogen and oxygen atoms in total. The Balaban J connectivity index is 1.63. The van der Waals surface area contributed by atoms with Crippen LogP contribution in [-0.4, -0.2) is 11.6 Å². The molecule has 4 heteroatoms. The summed E-state index contributed by atoms with van der Waals surface area (Å²) in [5.41, 5.74) is 4.75. The Morgan fingerprint density at radius 3 is 2.67 bits per heavy atom. The summed E-state index contributed by atoms with van der Waals surface area (Å²) in [5, 5.41) is 4.95. The van der Waals surface area contributed by atoms with Crippen molar-refractivity contribution < 1.29 is 4.79 Å². The van der Waals surface area contributed by atoms with Gasteiger partial charge in [-0.1, -0.05) is 43.5 Å². The largest absolute Gasteiger partial charge is 0.273 e. The summed E-state index contributed by atoms with van der Waals surface area (Å²) in [5.74, 6) is 0.803. The minimum atomic E-state index is 0.0812. The Kier molecular flexibility index (Phi) is 3.78. The van der Waals surface area contributed by atoms with E-state index in [-0.39, 0.29) is 17.2 Å². The van der Waals surface area contributed by atoms with Gasteiger partial charge in [0, 0.05) is 10.9 Å². The highest BCUT2D eigenvalue weighted by Gasteiger charge is 2.64. The van der Waals surface area contributed by atoms with E-state index in [9.17, 15) is 4.79 Å². The van der Waals surface area contributed by atoms with Gasteiger partial charge >= 0.3 is 0 Å². The number of nitrogens with one attached hydrogen (secondary N) is 1. The quantitative estimate of drug-likeness (QED) is 0.665. The number of amides is 1. The van der Waals surface area contributed by atoms with Crippen molar-refractivity contribution in [2.75, 3.05) is 0 Å². The van der Waals surface area contributed by atoms with Crippen LogP contribution in [0, 0.1) is 17.3 Å². The Labute approximate surface area is 130 Å².